The van der Waals surface area contributed by atoms with Crippen LogP contribution in [0.3, 0.4) is 0 Å². The van der Waals surface area contributed by atoms with Crippen LogP contribution >= 0.6 is 11.8 Å². The standard InChI is InChI=1S/C14H12FNOS/c15-11-7-9(5-6-13(11)17)16-12-8-18-14-4-2-1-3-10(12)14/h1-7,12,16-17H,8H2. The Morgan fingerprint density at radius 1 is 1.22 bits per heavy atom. The average Bonchev–Trinajstić information content (AvgIpc) is 2.78. The van der Waals surface area contributed by atoms with Crippen LogP contribution in [0, 0.1) is 5.82 Å². The fourth-order valence-corrected chi connectivity index (χ4v) is 3.24. The van der Waals surface area contributed by atoms with Crippen LogP contribution in [0.15, 0.2) is 47.4 Å². The maximum absolute atomic E-state index is 13.3. The van der Waals surface area contributed by atoms with Crippen molar-refractivity contribution in [1.29, 1.82) is 0 Å². The number of phenols is 1. The van der Waals surface area contributed by atoms with E-state index in [1.807, 2.05) is 12.1 Å². The Hall–Kier alpha value is -1.68. The zero-order valence-electron chi connectivity index (χ0n) is 9.56. The number of rotatable bonds is 2. The van der Waals surface area contributed by atoms with E-state index in [0.717, 1.165) is 5.75 Å². The molecule has 2 aromatic rings. The van der Waals surface area contributed by atoms with E-state index in [1.54, 1.807) is 17.8 Å². The molecule has 2 nitrogen and oxygen atoms in total. The third-order valence-electron chi connectivity index (χ3n) is 2.99. The van der Waals surface area contributed by atoms with Crippen molar-refractivity contribution < 1.29 is 9.50 Å². The zero-order chi connectivity index (χ0) is 12.5. The van der Waals surface area contributed by atoms with Crippen molar-refractivity contribution in [3.63, 3.8) is 0 Å². The second-order valence-corrected chi connectivity index (χ2v) is 5.27. The predicted molar refractivity (Wildman–Crippen MR) is 71.6 cm³/mol. The van der Waals surface area contributed by atoms with Crippen LogP contribution in [-0.4, -0.2) is 10.9 Å². The number of aromatic hydroxyl groups is 1. The predicted octanol–water partition coefficient (Wildman–Crippen LogP) is 3.79. The van der Waals surface area contributed by atoms with Crippen LogP contribution in [0.1, 0.15) is 11.6 Å². The van der Waals surface area contributed by atoms with Crippen molar-refractivity contribution in [2.75, 3.05) is 11.1 Å². The molecule has 18 heavy (non-hydrogen) atoms. The molecule has 0 bridgehead atoms. The summed E-state index contributed by atoms with van der Waals surface area (Å²) in [5, 5.41) is 12.4. The quantitative estimate of drug-likeness (QED) is 0.807. The summed E-state index contributed by atoms with van der Waals surface area (Å²) in [6, 6.07) is 12.8. The molecule has 0 saturated heterocycles. The van der Waals surface area contributed by atoms with Crippen molar-refractivity contribution in [3.05, 3.63) is 53.8 Å². The van der Waals surface area contributed by atoms with E-state index in [1.165, 1.54) is 22.6 Å². The summed E-state index contributed by atoms with van der Waals surface area (Å²) in [5.74, 6) is 0.0163. The normalized spacial score (nSPS) is 17.5. The van der Waals surface area contributed by atoms with Gasteiger partial charge in [-0.2, -0.15) is 0 Å². The van der Waals surface area contributed by atoms with E-state index in [0.29, 0.717) is 5.69 Å². The molecule has 1 atom stereocenters. The molecular formula is C14H12FNOS. The first kappa shape index (κ1) is 11.4. The van der Waals surface area contributed by atoms with Crippen LogP contribution in [0.2, 0.25) is 0 Å². The first-order chi connectivity index (χ1) is 8.74. The Labute approximate surface area is 109 Å². The Bertz CT molecular complexity index is 588. The van der Waals surface area contributed by atoms with E-state index >= 15 is 0 Å². The largest absolute Gasteiger partial charge is 0.505 e. The summed E-state index contributed by atoms with van der Waals surface area (Å²) in [5.41, 5.74) is 1.93. The monoisotopic (exact) mass is 261 g/mol. The van der Waals surface area contributed by atoms with Crippen molar-refractivity contribution in [3.8, 4) is 5.75 Å². The molecule has 1 unspecified atom stereocenters. The van der Waals surface area contributed by atoms with Crippen LogP contribution in [0.5, 0.6) is 5.75 Å². The maximum Gasteiger partial charge on any atom is 0.166 e. The van der Waals surface area contributed by atoms with Crippen molar-refractivity contribution >= 4 is 17.4 Å². The van der Waals surface area contributed by atoms with Crippen LogP contribution < -0.4 is 5.32 Å². The molecule has 0 aromatic heterocycles. The summed E-state index contributed by atoms with van der Waals surface area (Å²) in [6.07, 6.45) is 0. The molecule has 2 N–H and O–H groups in total. The molecule has 0 saturated carbocycles. The number of thioether (sulfide) groups is 1. The molecule has 3 rings (SSSR count). The van der Waals surface area contributed by atoms with E-state index < -0.39 is 5.82 Å². The first-order valence-electron chi connectivity index (χ1n) is 5.71. The highest BCUT2D eigenvalue weighted by Crippen LogP contribution is 2.39. The fourth-order valence-electron chi connectivity index (χ4n) is 2.08. The average molecular weight is 261 g/mol. The third kappa shape index (κ3) is 2.04. The first-order valence-corrected chi connectivity index (χ1v) is 6.69. The van der Waals surface area contributed by atoms with Crippen molar-refractivity contribution in [2.45, 2.75) is 10.9 Å². The zero-order valence-corrected chi connectivity index (χ0v) is 10.4. The van der Waals surface area contributed by atoms with Gasteiger partial charge in [0, 0.05) is 22.4 Å². The smallest absolute Gasteiger partial charge is 0.166 e. The summed E-state index contributed by atoms with van der Waals surface area (Å²) >= 11 is 1.80. The lowest BCUT2D eigenvalue weighted by molar-refractivity contribution is 0.432. The maximum atomic E-state index is 13.3. The molecule has 0 radical (unpaired) electrons. The highest BCUT2D eigenvalue weighted by Gasteiger charge is 2.22. The Morgan fingerprint density at radius 3 is 2.89 bits per heavy atom. The van der Waals surface area contributed by atoms with Gasteiger partial charge in [0.15, 0.2) is 11.6 Å². The van der Waals surface area contributed by atoms with Crippen LogP contribution in [-0.2, 0) is 0 Å². The molecule has 0 fully saturated rings. The van der Waals surface area contributed by atoms with Gasteiger partial charge in [-0.15, -0.1) is 11.8 Å². The Balaban J connectivity index is 1.84. The fraction of sp³-hybridized carbons (Fsp3) is 0.143. The highest BCUT2D eigenvalue weighted by molar-refractivity contribution is 7.99. The molecule has 4 heteroatoms. The molecule has 1 aliphatic rings. The molecule has 1 heterocycles. The third-order valence-corrected chi connectivity index (χ3v) is 4.17. The summed E-state index contributed by atoms with van der Waals surface area (Å²) in [7, 11) is 0. The summed E-state index contributed by atoms with van der Waals surface area (Å²) < 4.78 is 13.3. The minimum atomic E-state index is -0.598. The molecule has 92 valence electrons. The van der Waals surface area contributed by atoms with Gasteiger partial charge in [0.2, 0.25) is 0 Å². The number of benzene rings is 2. The number of phenolic OH excluding ortho intramolecular Hbond substituents is 1. The number of anilines is 1. The number of hydrogen-bond donors (Lipinski definition) is 2. The lowest BCUT2D eigenvalue weighted by Gasteiger charge is -2.15. The minimum Gasteiger partial charge on any atom is -0.505 e. The molecule has 2 aromatic carbocycles. The van der Waals surface area contributed by atoms with Crippen molar-refractivity contribution in [1.82, 2.24) is 0 Å². The van der Waals surface area contributed by atoms with Gasteiger partial charge in [-0.3, -0.25) is 0 Å². The van der Waals surface area contributed by atoms with Gasteiger partial charge in [0.1, 0.15) is 0 Å². The summed E-state index contributed by atoms with van der Waals surface area (Å²) in [6.45, 7) is 0. The van der Waals surface area contributed by atoms with E-state index in [2.05, 4.69) is 17.4 Å². The number of nitrogens with one attached hydrogen (secondary N) is 1. The molecule has 1 aliphatic heterocycles. The highest BCUT2D eigenvalue weighted by atomic mass is 32.2. The Morgan fingerprint density at radius 2 is 2.06 bits per heavy atom. The van der Waals surface area contributed by atoms with Gasteiger partial charge in [0.25, 0.3) is 0 Å². The van der Waals surface area contributed by atoms with Gasteiger partial charge >= 0.3 is 0 Å². The lowest BCUT2D eigenvalue weighted by atomic mass is 10.1. The van der Waals surface area contributed by atoms with Gasteiger partial charge in [0.05, 0.1) is 6.04 Å². The number of fused-ring (bicyclic) bond motifs is 1. The Kier molecular flexibility index (Phi) is 2.88. The second-order valence-electron chi connectivity index (χ2n) is 4.21. The second kappa shape index (κ2) is 4.53. The van der Waals surface area contributed by atoms with E-state index in [4.69, 9.17) is 5.11 Å². The summed E-state index contributed by atoms with van der Waals surface area (Å²) in [4.78, 5) is 1.27. The number of halogens is 1. The molecule has 0 spiro atoms. The number of hydrogen-bond acceptors (Lipinski definition) is 3. The van der Waals surface area contributed by atoms with Gasteiger partial charge in [-0.05, 0) is 23.8 Å². The SMILES string of the molecule is Oc1ccc(NC2CSc3ccccc32)cc1F. The molecular weight excluding hydrogens is 249 g/mol. The molecule has 0 aliphatic carbocycles. The van der Waals surface area contributed by atoms with Crippen molar-refractivity contribution in [2.24, 2.45) is 0 Å². The van der Waals surface area contributed by atoms with Gasteiger partial charge < -0.3 is 10.4 Å². The lowest BCUT2D eigenvalue weighted by Crippen LogP contribution is -2.09. The van der Waals surface area contributed by atoms with Crippen LogP contribution in [0.25, 0.3) is 0 Å². The topological polar surface area (TPSA) is 32.3 Å². The van der Waals surface area contributed by atoms with Crippen LogP contribution in [0.4, 0.5) is 10.1 Å². The molecule has 0 amide bonds. The van der Waals surface area contributed by atoms with Gasteiger partial charge in [-0.25, -0.2) is 4.39 Å². The van der Waals surface area contributed by atoms with Gasteiger partial charge in [-0.1, -0.05) is 18.2 Å². The van der Waals surface area contributed by atoms with E-state index in [-0.39, 0.29) is 11.8 Å². The minimum absolute atomic E-state index is 0.190. The van der Waals surface area contributed by atoms with E-state index in [9.17, 15) is 4.39 Å².